The quantitative estimate of drug-likeness (QED) is 0.320. The van der Waals surface area contributed by atoms with Gasteiger partial charge in [0.1, 0.15) is 0 Å². The summed E-state index contributed by atoms with van der Waals surface area (Å²) < 4.78 is 0.174. The van der Waals surface area contributed by atoms with Crippen molar-refractivity contribution in [3.63, 3.8) is 0 Å². The smallest absolute Gasteiger partial charge is 0.161 e. The number of pyridine rings is 1. The van der Waals surface area contributed by atoms with Crippen LogP contribution < -0.4 is 15.5 Å². The molecule has 1 aromatic heterocycles. The largest absolute Gasteiger partial charge is 0.337 e. The third-order valence-electron chi connectivity index (χ3n) is 4.91. The topological polar surface area (TPSA) is 45.4 Å². The summed E-state index contributed by atoms with van der Waals surface area (Å²) in [5.74, 6) is 0.999. The van der Waals surface area contributed by atoms with Gasteiger partial charge in [-0.05, 0) is 66.3 Å². The van der Waals surface area contributed by atoms with Crippen molar-refractivity contribution in [3.05, 3.63) is 72.3 Å². The molecule has 0 saturated carbocycles. The van der Waals surface area contributed by atoms with Crippen molar-refractivity contribution in [2.24, 2.45) is 5.73 Å². The third-order valence-corrected chi connectivity index (χ3v) is 6.06. The lowest BCUT2D eigenvalue weighted by Gasteiger charge is -2.30. The maximum Gasteiger partial charge on any atom is 0.161 e. The number of fused-ring (bicyclic) bond motifs is 1. The number of alkyl halides is 1. The number of para-hydroxylation sites is 1. The lowest BCUT2D eigenvalue weighted by atomic mass is 10.0. The molecule has 138 valence electrons. The molecule has 5 heteroatoms. The molecule has 2 heterocycles. The minimum atomic E-state index is 0.174. The summed E-state index contributed by atoms with van der Waals surface area (Å²) in [4.78, 5) is 9.82. The van der Waals surface area contributed by atoms with E-state index in [9.17, 15) is 0 Å². The second kappa shape index (κ2) is 7.48. The number of nitrogens with two attached hydrogens (primary N) is 1. The first-order valence-corrected chi connectivity index (χ1v) is 10.4. The van der Waals surface area contributed by atoms with Crippen LogP contribution in [0.3, 0.4) is 0 Å². The van der Waals surface area contributed by atoms with Gasteiger partial charge in [-0.2, -0.15) is 0 Å². The summed E-state index contributed by atoms with van der Waals surface area (Å²) in [5.41, 5.74) is 11.5. The van der Waals surface area contributed by atoms with Crippen molar-refractivity contribution in [2.45, 2.75) is 30.6 Å². The second-order valence-electron chi connectivity index (χ2n) is 6.92. The van der Waals surface area contributed by atoms with Crippen LogP contribution in [0.5, 0.6) is 0 Å². The summed E-state index contributed by atoms with van der Waals surface area (Å²) in [6, 6.07) is 23.4. The Kier molecular flexibility index (Phi) is 5.06. The predicted molar refractivity (Wildman–Crippen MR) is 122 cm³/mol. The monoisotopic (exact) mass is 470 g/mol. The van der Waals surface area contributed by atoms with Gasteiger partial charge in [-0.1, -0.05) is 42.5 Å². The summed E-state index contributed by atoms with van der Waals surface area (Å²) in [6.45, 7) is 4.95. The summed E-state index contributed by atoms with van der Waals surface area (Å²) in [6.07, 6.45) is 0. The average Bonchev–Trinajstić information content (AvgIpc) is 2.99. The third kappa shape index (κ3) is 3.19. The molecule has 0 aliphatic carbocycles. The Balaban J connectivity index is 1.88. The van der Waals surface area contributed by atoms with Gasteiger partial charge in [0, 0.05) is 23.8 Å². The van der Waals surface area contributed by atoms with E-state index in [0.717, 1.165) is 28.3 Å². The Labute approximate surface area is 174 Å². The van der Waals surface area contributed by atoms with E-state index in [0.29, 0.717) is 12.6 Å². The molecular weight excluding hydrogens is 447 g/mol. The Morgan fingerprint density at radius 2 is 1.70 bits per heavy atom. The Morgan fingerprint density at radius 3 is 2.41 bits per heavy atom. The molecule has 0 saturated heterocycles. The molecule has 4 rings (SSSR count). The average molecular weight is 470 g/mol. The van der Waals surface area contributed by atoms with Crippen LogP contribution in [0, 0.1) is 0 Å². The lowest BCUT2D eigenvalue weighted by Crippen LogP contribution is -2.40. The van der Waals surface area contributed by atoms with Crippen molar-refractivity contribution in [3.8, 4) is 11.3 Å². The number of nitrogens with zero attached hydrogens (tertiary/aromatic N) is 3. The van der Waals surface area contributed by atoms with E-state index in [1.165, 1.54) is 5.69 Å². The zero-order valence-electron chi connectivity index (χ0n) is 15.5. The van der Waals surface area contributed by atoms with Crippen LogP contribution in [0.2, 0.25) is 0 Å². The predicted octanol–water partition coefficient (Wildman–Crippen LogP) is 5.29. The molecule has 0 fully saturated rings. The van der Waals surface area contributed by atoms with Crippen LogP contribution in [-0.4, -0.2) is 15.2 Å². The van der Waals surface area contributed by atoms with E-state index < -0.39 is 0 Å². The van der Waals surface area contributed by atoms with Gasteiger partial charge in [0.05, 0.1) is 11.4 Å². The molecule has 1 unspecified atom stereocenters. The van der Waals surface area contributed by atoms with Gasteiger partial charge in [0.25, 0.3) is 0 Å². The molecule has 1 aliphatic heterocycles. The maximum absolute atomic E-state index is 5.96. The molecule has 2 N–H and O–H groups in total. The van der Waals surface area contributed by atoms with Crippen LogP contribution in [-0.2, 0) is 6.54 Å². The lowest BCUT2D eigenvalue weighted by molar-refractivity contribution is 0.696. The fraction of sp³-hybridized carbons (Fsp3) is 0.227. The number of benzene rings is 2. The number of hydrogen-bond donors (Lipinski definition) is 1. The highest BCUT2D eigenvalue weighted by atomic mass is 127. The van der Waals surface area contributed by atoms with Gasteiger partial charge in [0.2, 0.25) is 0 Å². The van der Waals surface area contributed by atoms with Crippen LogP contribution >= 0.6 is 22.6 Å². The molecule has 3 aromatic rings. The van der Waals surface area contributed by atoms with Crippen LogP contribution in [0.25, 0.3) is 11.3 Å². The Hall–Kier alpha value is -2.12. The van der Waals surface area contributed by atoms with Gasteiger partial charge < -0.3 is 10.6 Å². The fourth-order valence-corrected chi connectivity index (χ4v) is 5.14. The molecule has 0 amide bonds. The van der Waals surface area contributed by atoms with E-state index in [1.807, 2.05) is 18.2 Å². The molecular formula is C22H23IN4. The molecule has 27 heavy (non-hydrogen) atoms. The molecule has 0 bridgehead atoms. The number of hydrogen-bond acceptors (Lipinski definition) is 4. The molecule has 1 atom stereocenters. The second-order valence-corrected chi connectivity index (χ2v) is 8.03. The van der Waals surface area contributed by atoms with Crippen molar-refractivity contribution in [1.82, 2.24) is 4.98 Å². The highest BCUT2D eigenvalue weighted by Gasteiger charge is 2.37. The van der Waals surface area contributed by atoms with Crippen LogP contribution in [0.4, 0.5) is 17.2 Å². The first kappa shape index (κ1) is 18.3. The van der Waals surface area contributed by atoms with Gasteiger partial charge in [-0.15, -0.1) is 0 Å². The molecule has 0 spiro atoms. The van der Waals surface area contributed by atoms with E-state index in [1.54, 1.807) is 0 Å². The molecule has 1 aliphatic rings. The number of anilines is 3. The fourth-order valence-electron chi connectivity index (χ4n) is 3.62. The minimum Gasteiger partial charge on any atom is -0.337 e. The summed E-state index contributed by atoms with van der Waals surface area (Å²) in [5, 5.41) is 0. The van der Waals surface area contributed by atoms with E-state index in [2.05, 4.69) is 94.8 Å². The molecule has 0 radical (unpaired) electrons. The SMILES string of the molecule is CC(C)N1c2ccc(-c3ccccc3CN)nc2N(c2ccccc2)C1I. The highest BCUT2D eigenvalue weighted by molar-refractivity contribution is 14.1. The van der Waals surface area contributed by atoms with Crippen molar-refractivity contribution in [1.29, 1.82) is 0 Å². The highest BCUT2D eigenvalue weighted by Crippen LogP contribution is 2.46. The van der Waals surface area contributed by atoms with E-state index in [-0.39, 0.29) is 4.17 Å². The normalized spacial score (nSPS) is 16.1. The van der Waals surface area contributed by atoms with Crippen molar-refractivity contribution < 1.29 is 0 Å². The first-order valence-electron chi connectivity index (χ1n) is 9.18. The zero-order chi connectivity index (χ0) is 19.0. The van der Waals surface area contributed by atoms with Crippen LogP contribution in [0.15, 0.2) is 66.7 Å². The zero-order valence-corrected chi connectivity index (χ0v) is 17.7. The van der Waals surface area contributed by atoms with Gasteiger partial charge in [-0.25, -0.2) is 4.98 Å². The number of halogens is 1. The number of aromatic nitrogens is 1. The van der Waals surface area contributed by atoms with Crippen LogP contribution in [0.1, 0.15) is 19.4 Å². The van der Waals surface area contributed by atoms with Crippen molar-refractivity contribution in [2.75, 3.05) is 9.80 Å². The van der Waals surface area contributed by atoms with E-state index >= 15 is 0 Å². The molecule has 4 nitrogen and oxygen atoms in total. The van der Waals surface area contributed by atoms with Gasteiger partial charge >= 0.3 is 0 Å². The number of rotatable bonds is 4. The van der Waals surface area contributed by atoms with E-state index in [4.69, 9.17) is 10.7 Å². The standard InChI is InChI=1S/C22H23IN4/c1-15(2)26-20-13-12-19(18-11-7-6-8-16(18)14-24)25-21(20)27(22(26)23)17-9-4-3-5-10-17/h3-13,15,22H,14,24H2,1-2H3. The Morgan fingerprint density at radius 1 is 1.00 bits per heavy atom. The first-order chi connectivity index (χ1) is 13.1. The van der Waals surface area contributed by atoms with Crippen molar-refractivity contribution >= 4 is 39.8 Å². The summed E-state index contributed by atoms with van der Waals surface area (Å²) in [7, 11) is 0. The molecule has 2 aromatic carbocycles. The maximum atomic E-state index is 5.96. The summed E-state index contributed by atoms with van der Waals surface area (Å²) >= 11 is 2.50. The Bertz CT molecular complexity index is 942. The van der Waals surface area contributed by atoms with Gasteiger partial charge in [0.15, 0.2) is 9.99 Å². The minimum absolute atomic E-state index is 0.174. The van der Waals surface area contributed by atoms with Gasteiger partial charge in [-0.3, -0.25) is 4.90 Å².